The summed E-state index contributed by atoms with van der Waals surface area (Å²) in [6.45, 7) is 5.55. The van der Waals surface area contributed by atoms with Crippen LogP contribution in [0.4, 0.5) is 5.69 Å². The number of anilines is 1. The number of benzene rings is 2. The summed E-state index contributed by atoms with van der Waals surface area (Å²) in [6, 6.07) is 13.6. The predicted octanol–water partition coefficient (Wildman–Crippen LogP) is 5.47. The molecule has 2 aromatic heterocycles. The van der Waals surface area contributed by atoms with Crippen LogP contribution in [0.2, 0.25) is 5.02 Å². The van der Waals surface area contributed by atoms with E-state index < -0.39 is 11.8 Å². The van der Waals surface area contributed by atoms with E-state index in [-0.39, 0.29) is 11.7 Å². The third kappa shape index (κ3) is 4.92. The Kier molecular flexibility index (Phi) is 7.23. The lowest BCUT2D eigenvalue weighted by atomic mass is 9.81. The number of pyridine rings is 1. The Labute approximate surface area is 271 Å². The number of hydrogen-bond donors (Lipinski definition) is 1. The van der Waals surface area contributed by atoms with E-state index in [1.165, 1.54) is 0 Å². The first-order chi connectivity index (χ1) is 22.3. The molecule has 8 rings (SSSR count). The smallest absolute Gasteiger partial charge is 0.335 e. The fourth-order valence-corrected chi connectivity index (χ4v) is 7.53. The molecule has 4 atom stereocenters. The van der Waals surface area contributed by atoms with Crippen LogP contribution in [0, 0.1) is 0 Å². The maximum Gasteiger partial charge on any atom is 0.335 e. The number of fused-ring (bicyclic) bond motifs is 3. The quantitative estimate of drug-likeness (QED) is 0.265. The Morgan fingerprint density at radius 3 is 2.72 bits per heavy atom. The van der Waals surface area contributed by atoms with Gasteiger partial charge in [-0.15, -0.1) is 0 Å². The van der Waals surface area contributed by atoms with Crippen LogP contribution < -0.4 is 19.1 Å². The van der Waals surface area contributed by atoms with Crippen molar-refractivity contribution in [2.75, 3.05) is 31.7 Å². The molecular formula is C34H36ClN5O6. The zero-order chi connectivity index (χ0) is 31.6. The van der Waals surface area contributed by atoms with Crippen LogP contribution in [0.5, 0.6) is 17.2 Å². The van der Waals surface area contributed by atoms with Crippen LogP contribution in [0.25, 0.3) is 11.0 Å². The molecule has 0 bridgehead atoms. The molecule has 3 fully saturated rings. The van der Waals surface area contributed by atoms with Gasteiger partial charge in [-0.05, 0) is 62.1 Å². The molecular weight excluding hydrogens is 610 g/mol. The Balaban J connectivity index is 1.07. The van der Waals surface area contributed by atoms with Gasteiger partial charge in [-0.2, -0.15) is 0 Å². The third-order valence-corrected chi connectivity index (χ3v) is 10.1. The Morgan fingerprint density at radius 1 is 1.13 bits per heavy atom. The van der Waals surface area contributed by atoms with Crippen molar-refractivity contribution >= 4 is 34.3 Å². The van der Waals surface area contributed by atoms with Crippen LogP contribution in [-0.4, -0.2) is 75.5 Å². The summed E-state index contributed by atoms with van der Waals surface area (Å²) in [4.78, 5) is 26.5. The van der Waals surface area contributed by atoms with Crippen molar-refractivity contribution in [1.29, 1.82) is 0 Å². The predicted molar refractivity (Wildman–Crippen MR) is 171 cm³/mol. The van der Waals surface area contributed by atoms with Crippen LogP contribution >= 0.6 is 11.6 Å². The van der Waals surface area contributed by atoms with Gasteiger partial charge in [0.05, 0.1) is 48.1 Å². The maximum absolute atomic E-state index is 12.0. The van der Waals surface area contributed by atoms with Crippen molar-refractivity contribution in [3.8, 4) is 17.2 Å². The molecule has 3 aliphatic heterocycles. The average molecular weight is 646 g/mol. The van der Waals surface area contributed by atoms with Gasteiger partial charge < -0.3 is 33.5 Å². The Morgan fingerprint density at radius 2 is 2.00 bits per heavy atom. The van der Waals surface area contributed by atoms with E-state index in [1.54, 1.807) is 31.5 Å². The number of piperazine rings is 1. The van der Waals surface area contributed by atoms with Crippen molar-refractivity contribution in [1.82, 2.24) is 19.4 Å². The van der Waals surface area contributed by atoms with Crippen LogP contribution in [0.15, 0.2) is 48.7 Å². The molecule has 1 N–H and O–H groups in total. The highest BCUT2D eigenvalue weighted by atomic mass is 35.5. The molecule has 4 aromatic rings. The van der Waals surface area contributed by atoms with Crippen LogP contribution in [0.1, 0.15) is 54.5 Å². The number of rotatable bonds is 8. The fraction of sp³-hybridized carbons (Fsp3) is 0.441. The van der Waals surface area contributed by atoms with Crippen LogP contribution in [-0.2, 0) is 23.6 Å². The van der Waals surface area contributed by atoms with Gasteiger partial charge in [0.25, 0.3) is 5.79 Å². The summed E-state index contributed by atoms with van der Waals surface area (Å²) in [5.74, 6) is 0.760. The number of imidazole rings is 1. The Hall–Kier alpha value is -4.06. The number of hydrogen-bond acceptors (Lipinski definition) is 9. The molecule has 5 heterocycles. The van der Waals surface area contributed by atoms with Crippen molar-refractivity contribution in [2.45, 2.75) is 69.7 Å². The number of carbonyl (C=O) groups is 1. The van der Waals surface area contributed by atoms with Crippen molar-refractivity contribution in [2.24, 2.45) is 0 Å². The summed E-state index contributed by atoms with van der Waals surface area (Å²) in [5, 5.41) is 10.4. The summed E-state index contributed by atoms with van der Waals surface area (Å²) in [6.07, 6.45) is 5.82. The second-order valence-electron chi connectivity index (χ2n) is 12.6. The fourth-order valence-electron chi connectivity index (χ4n) is 7.42. The summed E-state index contributed by atoms with van der Waals surface area (Å²) in [7, 11) is 1.56. The van der Waals surface area contributed by atoms with Crippen molar-refractivity contribution in [3.05, 3.63) is 70.8 Å². The summed E-state index contributed by atoms with van der Waals surface area (Å²) in [5.41, 5.74) is 3.31. The van der Waals surface area contributed by atoms with E-state index in [2.05, 4.69) is 25.4 Å². The van der Waals surface area contributed by atoms with Gasteiger partial charge in [-0.1, -0.05) is 17.7 Å². The molecule has 1 aliphatic carbocycles. The molecule has 0 amide bonds. The van der Waals surface area contributed by atoms with Gasteiger partial charge in [0.2, 0.25) is 0 Å². The molecule has 0 spiro atoms. The number of carboxylic acids is 1. The molecule has 12 heteroatoms. The lowest BCUT2D eigenvalue weighted by Gasteiger charge is -2.54. The van der Waals surface area contributed by atoms with Gasteiger partial charge in [-0.25, -0.2) is 9.78 Å². The SMILES string of the molecule is COc1cc(C(=O)O)cc2c1nc(CN1CCN(c3cccc4c3O[C@@](C)(c3ccc(Cl)cn3)O4)[C@H]3CC[C@@H]31)n2C[C@@H]1CCCO1. The van der Waals surface area contributed by atoms with Gasteiger partial charge >= 0.3 is 5.97 Å². The Bertz CT molecular complexity index is 1810. The topological polar surface area (TPSA) is 111 Å². The first-order valence-corrected chi connectivity index (χ1v) is 16.2. The highest BCUT2D eigenvalue weighted by Gasteiger charge is 2.47. The van der Waals surface area contributed by atoms with E-state index in [0.29, 0.717) is 52.9 Å². The molecule has 4 aliphatic rings. The zero-order valence-electron chi connectivity index (χ0n) is 25.8. The van der Waals surface area contributed by atoms with Gasteiger partial charge in [0.15, 0.2) is 11.5 Å². The number of nitrogens with zero attached hydrogens (tertiary/aromatic N) is 5. The van der Waals surface area contributed by atoms with Crippen LogP contribution in [0.3, 0.4) is 0 Å². The first kappa shape index (κ1) is 29.3. The monoisotopic (exact) mass is 645 g/mol. The largest absolute Gasteiger partial charge is 0.494 e. The summed E-state index contributed by atoms with van der Waals surface area (Å²) < 4.78 is 26.6. The molecule has 46 heavy (non-hydrogen) atoms. The van der Waals surface area contributed by atoms with Crippen molar-refractivity contribution < 1.29 is 28.8 Å². The first-order valence-electron chi connectivity index (χ1n) is 15.9. The normalized spacial score (nSPS) is 25.5. The minimum absolute atomic E-state index is 0.0695. The number of halogens is 1. The lowest BCUT2D eigenvalue weighted by Crippen LogP contribution is -2.64. The zero-order valence-corrected chi connectivity index (χ0v) is 26.6. The number of aromatic nitrogens is 3. The number of para-hydroxylation sites is 1. The number of methoxy groups -OCH3 is 1. The van der Waals surface area contributed by atoms with E-state index in [4.69, 9.17) is 35.5 Å². The second-order valence-corrected chi connectivity index (χ2v) is 13.1. The molecule has 0 radical (unpaired) electrons. The minimum atomic E-state index is -1.05. The standard InChI is InChI=1S/C34H36ClN5O6/c1-34(29-11-8-21(35)17-36-29)45-27-7-3-6-25(32(27)46-34)39-13-12-38(23-9-10-24(23)39)19-30-37-31-26(40(30)18-22-5-4-14-44-22)15-20(33(41)42)16-28(31)43-2/h3,6-8,11,15-17,22-24H,4-5,9-10,12-14,18-19H2,1-2H3,(H,41,42)/t22-,23-,24-,34-/m0/s1. The molecule has 2 saturated heterocycles. The maximum atomic E-state index is 12.0. The van der Waals surface area contributed by atoms with E-state index in [1.807, 2.05) is 25.1 Å². The number of carboxylic acid groups (broad SMARTS) is 1. The lowest BCUT2D eigenvalue weighted by molar-refractivity contribution is -0.0717. The van der Waals surface area contributed by atoms with Gasteiger partial charge in [-0.3, -0.25) is 9.88 Å². The molecule has 1 saturated carbocycles. The number of ether oxygens (including phenoxy) is 4. The second kappa shape index (κ2) is 11.3. The molecule has 240 valence electrons. The van der Waals surface area contributed by atoms with Crippen molar-refractivity contribution in [3.63, 3.8) is 0 Å². The summed E-state index contributed by atoms with van der Waals surface area (Å²) >= 11 is 6.08. The van der Waals surface area contributed by atoms with E-state index in [9.17, 15) is 9.90 Å². The molecule has 11 nitrogen and oxygen atoms in total. The highest BCUT2D eigenvalue weighted by molar-refractivity contribution is 6.30. The third-order valence-electron chi connectivity index (χ3n) is 9.88. The van der Waals surface area contributed by atoms with E-state index >= 15 is 0 Å². The van der Waals surface area contributed by atoms with E-state index in [0.717, 1.165) is 68.2 Å². The highest BCUT2D eigenvalue weighted by Crippen LogP contribution is 2.51. The number of aromatic carboxylic acids is 1. The van der Waals surface area contributed by atoms with Gasteiger partial charge in [0, 0.05) is 44.9 Å². The molecule has 0 unspecified atom stereocenters. The minimum Gasteiger partial charge on any atom is -0.494 e. The van der Waals surface area contributed by atoms with Gasteiger partial charge in [0.1, 0.15) is 22.8 Å². The average Bonchev–Trinajstić information content (AvgIpc) is 3.76. The molecule has 2 aromatic carbocycles.